The molecule has 0 aliphatic carbocycles. The van der Waals surface area contributed by atoms with E-state index in [-0.39, 0.29) is 0 Å². The molecular weight excluding hydrogens is 286 g/mol. The van der Waals surface area contributed by atoms with E-state index in [2.05, 4.69) is 20.5 Å². The standard InChI is InChI=1S/C14H15N5O3/c1-14(2,3)22-13(20)19-8-10(7-15-19)21-9-4-5-11-12(6-9)17-18-16-11/h4-8H,1-3H3,(H,16,17,18). The molecule has 8 nitrogen and oxygen atoms in total. The van der Waals surface area contributed by atoms with Crippen molar-refractivity contribution in [3.63, 3.8) is 0 Å². The lowest BCUT2D eigenvalue weighted by atomic mass is 10.2. The number of ether oxygens (including phenoxy) is 2. The number of hydrogen-bond donors (Lipinski definition) is 1. The second-order valence-electron chi connectivity index (χ2n) is 5.68. The van der Waals surface area contributed by atoms with E-state index in [1.807, 2.05) is 0 Å². The Morgan fingerprint density at radius 2 is 1.95 bits per heavy atom. The van der Waals surface area contributed by atoms with Crippen LogP contribution in [0.5, 0.6) is 11.5 Å². The van der Waals surface area contributed by atoms with Crippen LogP contribution < -0.4 is 4.74 Å². The first-order chi connectivity index (χ1) is 10.4. The zero-order valence-corrected chi connectivity index (χ0v) is 12.4. The lowest BCUT2D eigenvalue weighted by molar-refractivity contribution is 0.0514. The van der Waals surface area contributed by atoms with E-state index in [1.165, 1.54) is 12.4 Å². The molecule has 0 saturated carbocycles. The topological polar surface area (TPSA) is 94.9 Å². The fourth-order valence-corrected chi connectivity index (χ4v) is 1.79. The van der Waals surface area contributed by atoms with Crippen LogP contribution in [0.3, 0.4) is 0 Å². The average molecular weight is 301 g/mol. The maximum Gasteiger partial charge on any atom is 0.435 e. The number of fused-ring (bicyclic) bond motifs is 1. The maximum atomic E-state index is 11.9. The summed E-state index contributed by atoms with van der Waals surface area (Å²) in [5, 5.41) is 14.4. The van der Waals surface area contributed by atoms with Gasteiger partial charge in [-0.15, -0.1) is 0 Å². The van der Waals surface area contributed by atoms with Crippen molar-refractivity contribution >= 4 is 17.1 Å². The summed E-state index contributed by atoms with van der Waals surface area (Å²) in [6.07, 6.45) is 2.34. The number of carbonyl (C=O) groups excluding carboxylic acids is 1. The molecule has 2 heterocycles. The van der Waals surface area contributed by atoms with Crippen LogP contribution in [-0.4, -0.2) is 36.9 Å². The monoisotopic (exact) mass is 301 g/mol. The van der Waals surface area contributed by atoms with Crippen LogP contribution in [0.1, 0.15) is 20.8 Å². The highest BCUT2D eigenvalue weighted by atomic mass is 16.6. The first-order valence-electron chi connectivity index (χ1n) is 6.67. The smallest absolute Gasteiger partial charge is 0.435 e. The fourth-order valence-electron chi connectivity index (χ4n) is 1.79. The Morgan fingerprint density at radius 1 is 1.18 bits per heavy atom. The van der Waals surface area contributed by atoms with Crippen LogP contribution >= 0.6 is 0 Å². The van der Waals surface area contributed by atoms with E-state index in [0.717, 1.165) is 10.2 Å². The number of rotatable bonds is 2. The molecule has 0 unspecified atom stereocenters. The molecular formula is C14H15N5O3. The quantitative estimate of drug-likeness (QED) is 0.782. The van der Waals surface area contributed by atoms with Crippen molar-refractivity contribution in [3.05, 3.63) is 30.6 Å². The molecule has 0 fully saturated rings. The van der Waals surface area contributed by atoms with Crippen LogP contribution in [0.4, 0.5) is 4.79 Å². The molecule has 0 radical (unpaired) electrons. The van der Waals surface area contributed by atoms with Crippen molar-refractivity contribution < 1.29 is 14.3 Å². The number of aromatic nitrogens is 5. The van der Waals surface area contributed by atoms with E-state index in [1.54, 1.807) is 39.0 Å². The minimum Gasteiger partial charge on any atom is -0.454 e. The molecule has 0 bridgehead atoms. The maximum absolute atomic E-state index is 11.9. The van der Waals surface area contributed by atoms with Gasteiger partial charge < -0.3 is 9.47 Å². The minimum absolute atomic E-state index is 0.425. The highest BCUT2D eigenvalue weighted by Crippen LogP contribution is 2.23. The third-order valence-corrected chi connectivity index (χ3v) is 2.66. The van der Waals surface area contributed by atoms with Crippen molar-refractivity contribution in [1.29, 1.82) is 0 Å². The molecule has 0 amide bonds. The van der Waals surface area contributed by atoms with Gasteiger partial charge in [-0.2, -0.15) is 25.2 Å². The van der Waals surface area contributed by atoms with Gasteiger partial charge in [-0.25, -0.2) is 4.79 Å². The Bertz CT molecular complexity index is 815. The van der Waals surface area contributed by atoms with Gasteiger partial charge in [0, 0.05) is 6.07 Å². The summed E-state index contributed by atoms with van der Waals surface area (Å²) in [5.41, 5.74) is 0.857. The minimum atomic E-state index is -0.581. The largest absolute Gasteiger partial charge is 0.454 e. The SMILES string of the molecule is CC(C)(C)OC(=O)n1cc(Oc2ccc3n[nH]nc3c2)cn1. The summed E-state index contributed by atoms with van der Waals surface area (Å²) in [4.78, 5) is 11.9. The van der Waals surface area contributed by atoms with Crippen molar-refractivity contribution in [1.82, 2.24) is 25.2 Å². The number of benzene rings is 1. The number of carbonyl (C=O) groups is 1. The molecule has 0 aliphatic heterocycles. The fraction of sp³-hybridized carbons (Fsp3) is 0.286. The lowest BCUT2D eigenvalue weighted by Crippen LogP contribution is -2.27. The van der Waals surface area contributed by atoms with E-state index >= 15 is 0 Å². The molecule has 22 heavy (non-hydrogen) atoms. The lowest BCUT2D eigenvalue weighted by Gasteiger charge is -2.18. The van der Waals surface area contributed by atoms with Gasteiger partial charge in [0.15, 0.2) is 5.75 Å². The van der Waals surface area contributed by atoms with Crippen molar-refractivity contribution in [3.8, 4) is 11.5 Å². The molecule has 1 N–H and O–H groups in total. The van der Waals surface area contributed by atoms with E-state index in [4.69, 9.17) is 9.47 Å². The predicted molar refractivity (Wildman–Crippen MR) is 77.8 cm³/mol. The third kappa shape index (κ3) is 3.05. The van der Waals surface area contributed by atoms with Gasteiger partial charge in [0.2, 0.25) is 0 Å². The van der Waals surface area contributed by atoms with Gasteiger partial charge in [0.1, 0.15) is 22.4 Å². The zero-order valence-electron chi connectivity index (χ0n) is 12.4. The van der Waals surface area contributed by atoms with Crippen LogP contribution in [-0.2, 0) is 4.74 Å². The highest BCUT2D eigenvalue weighted by Gasteiger charge is 2.18. The first-order valence-corrected chi connectivity index (χ1v) is 6.67. The van der Waals surface area contributed by atoms with Crippen molar-refractivity contribution in [2.24, 2.45) is 0 Å². The second-order valence-corrected chi connectivity index (χ2v) is 5.68. The first kappa shape index (κ1) is 14.1. The van der Waals surface area contributed by atoms with Crippen LogP contribution in [0.2, 0.25) is 0 Å². The number of H-pyrrole nitrogens is 1. The number of aromatic amines is 1. The normalized spacial score (nSPS) is 11.6. The van der Waals surface area contributed by atoms with Gasteiger partial charge >= 0.3 is 6.09 Å². The van der Waals surface area contributed by atoms with Crippen molar-refractivity contribution in [2.45, 2.75) is 26.4 Å². The molecule has 2 aromatic heterocycles. The number of nitrogens with one attached hydrogen (secondary N) is 1. The molecule has 8 heteroatoms. The Balaban J connectivity index is 1.75. The molecule has 1 aromatic carbocycles. The molecule has 0 atom stereocenters. The molecule has 0 aliphatic rings. The molecule has 3 aromatic rings. The summed E-state index contributed by atoms with van der Waals surface area (Å²) >= 11 is 0. The predicted octanol–water partition coefficient (Wildman–Crippen LogP) is 2.73. The van der Waals surface area contributed by atoms with Crippen LogP contribution in [0, 0.1) is 0 Å². The van der Waals surface area contributed by atoms with Gasteiger partial charge in [0.05, 0.1) is 12.4 Å². The summed E-state index contributed by atoms with van der Waals surface area (Å²) in [5.74, 6) is 0.999. The van der Waals surface area contributed by atoms with Gasteiger partial charge in [-0.1, -0.05) is 0 Å². The van der Waals surface area contributed by atoms with Crippen molar-refractivity contribution in [2.75, 3.05) is 0 Å². The zero-order chi connectivity index (χ0) is 15.7. The molecule has 3 rings (SSSR count). The average Bonchev–Trinajstić information content (AvgIpc) is 3.04. The van der Waals surface area contributed by atoms with Crippen LogP contribution in [0.25, 0.3) is 11.0 Å². The highest BCUT2D eigenvalue weighted by molar-refractivity contribution is 5.75. The second kappa shape index (κ2) is 5.14. The Hall–Kier alpha value is -2.90. The van der Waals surface area contributed by atoms with E-state index < -0.39 is 11.7 Å². The summed E-state index contributed by atoms with van der Waals surface area (Å²) in [6.45, 7) is 5.37. The summed E-state index contributed by atoms with van der Waals surface area (Å²) in [6, 6.07) is 5.28. The Kier molecular flexibility index (Phi) is 3.28. The molecule has 0 spiro atoms. The Labute approximate surface area is 126 Å². The summed E-state index contributed by atoms with van der Waals surface area (Å²) in [7, 11) is 0. The van der Waals surface area contributed by atoms with Gasteiger partial charge in [-0.05, 0) is 32.9 Å². The molecule has 0 saturated heterocycles. The van der Waals surface area contributed by atoms with Gasteiger partial charge in [0.25, 0.3) is 0 Å². The summed E-state index contributed by atoms with van der Waals surface area (Å²) < 4.78 is 12.0. The molecule has 114 valence electrons. The van der Waals surface area contributed by atoms with Crippen LogP contribution in [0.15, 0.2) is 30.6 Å². The number of hydrogen-bond acceptors (Lipinski definition) is 6. The number of nitrogens with zero attached hydrogens (tertiary/aromatic N) is 4. The Morgan fingerprint density at radius 3 is 2.73 bits per heavy atom. The third-order valence-electron chi connectivity index (χ3n) is 2.66. The van der Waals surface area contributed by atoms with Gasteiger partial charge in [-0.3, -0.25) is 0 Å². The van der Waals surface area contributed by atoms with E-state index in [0.29, 0.717) is 17.0 Å². The van der Waals surface area contributed by atoms with E-state index in [9.17, 15) is 4.79 Å².